The molecule has 0 bridgehead atoms. The lowest BCUT2D eigenvalue weighted by atomic mass is 10.1. The van der Waals surface area contributed by atoms with E-state index in [1.54, 1.807) is 0 Å². The number of hydrogen-bond donors (Lipinski definition) is 2. The Morgan fingerprint density at radius 3 is 2.75 bits per heavy atom. The number of nitrogens with zero attached hydrogens (tertiary/aromatic N) is 1. The molecular weight excluding hydrogens is 334 g/mol. The van der Waals surface area contributed by atoms with E-state index < -0.39 is 0 Å². The normalized spacial score (nSPS) is 13.1. The van der Waals surface area contributed by atoms with Crippen molar-refractivity contribution < 1.29 is 0 Å². The van der Waals surface area contributed by atoms with Gasteiger partial charge < -0.3 is 10.6 Å². The molecule has 112 valence electrons. The molecule has 0 spiro atoms. The van der Waals surface area contributed by atoms with Crippen LogP contribution in [0.3, 0.4) is 0 Å². The molecule has 0 fully saturated rings. The molecule has 0 aromatic heterocycles. The van der Waals surface area contributed by atoms with Gasteiger partial charge >= 0.3 is 0 Å². The molecule has 0 radical (unpaired) electrons. The quantitative estimate of drug-likeness (QED) is 0.442. The first-order valence-corrected chi connectivity index (χ1v) is 9.08. The second-order valence-electron chi connectivity index (χ2n) is 4.59. The molecule has 0 amide bonds. The Labute approximate surface area is 135 Å². The van der Waals surface area contributed by atoms with E-state index in [-0.39, 0.29) is 6.04 Å². The molecule has 0 aliphatic rings. The third-order valence-corrected chi connectivity index (χ3v) is 4.44. The smallest absolute Gasteiger partial charge is 0.191 e. The highest BCUT2D eigenvalue weighted by Gasteiger charge is 2.10. The highest BCUT2D eigenvalue weighted by molar-refractivity contribution is 9.10. The van der Waals surface area contributed by atoms with Gasteiger partial charge in [-0.05, 0) is 43.4 Å². The molecule has 1 rings (SSSR count). The number of benzene rings is 1. The van der Waals surface area contributed by atoms with E-state index in [1.165, 1.54) is 24.2 Å². The topological polar surface area (TPSA) is 36.4 Å². The number of nitrogens with one attached hydrogen (secondary N) is 2. The fraction of sp³-hybridized carbons (Fsp3) is 0.533. The van der Waals surface area contributed by atoms with E-state index >= 15 is 0 Å². The fourth-order valence-electron chi connectivity index (χ4n) is 1.88. The fourth-order valence-corrected chi connectivity index (χ4v) is 3.00. The van der Waals surface area contributed by atoms with Crippen LogP contribution in [0.25, 0.3) is 0 Å². The number of guanidine groups is 1. The van der Waals surface area contributed by atoms with Crippen LogP contribution in [-0.2, 0) is 0 Å². The molecule has 1 aromatic carbocycles. The maximum atomic E-state index is 4.27. The van der Waals surface area contributed by atoms with Crippen molar-refractivity contribution in [3.63, 3.8) is 0 Å². The molecule has 5 heteroatoms. The molecular formula is C15H24BrN3S. The van der Waals surface area contributed by atoms with Crippen LogP contribution in [0.2, 0.25) is 0 Å². The Hall–Kier alpha value is -0.680. The van der Waals surface area contributed by atoms with Gasteiger partial charge in [0.05, 0.1) is 6.04 Å². The van der Waals surface area contributed by atoms with Crippen LogP contribution >= 0.6 is 27.7 Å². The first-order chi connectivity index (χ1) is 9.69. The zero-order chi connectivity index (χ0) is 14.8. The summed E-state index contributed by atoms with van der Waals surface area (Å²) >= 11 is 5.48. The minimum atomic E-state index is 0.211. The molecule has 0 aliphatic carbocycles. The van der Waals surface area contributed by atoms with Crippen molar-refractivity contribution >= 4 is 33.7 Å². The molecule has 0 aliphatic heterocycles. The minimum absolute atomic E-state index is 0.211. The molecule has 0 saturated carbocycles. The van der Waals surface area contributed by atoms with Gasteiger partial charge in [0.15, 0.2) is 5.96 Å². The Morgan fingerprint density at radius 2 is 2.10 bits per heavy atom. The van der Waals surface area contributed by atoms with Gasteiger partial charge in [-0.2, -0.15) is 11.8 Å². The lowest BCUT2D eigenvalue weighted by Gasteiger charge is -2.19. The third kappa shape index (κ3) is 6.18. The molecule has 3 nitrogen and oxygen atoms in total. The zero-order valence-electron chi connectivity index (χ0n) is 12.4. The summed E-state index contributed by atoms with van der Waals surface area (Å²) in [4.78, 5) is 4.27. The van der Waals surface area contributed by atoms with E-state index in [9.17, 15) is 0 Å². The van der Waals surface area contributed by atoms with Crippen LogP contribution in [0.15, 0.2) is 33.7 Å². The summed E-state index contributed by atoms with van der Waals surface area (Å²) in [6.07, 6.45) is 4.56. The van der Waals surface area contributed by atoms with Crippen LogP contribution in [0, 0.1) is 0 Å². The van der Waals surface area contributed by atoms with E-state index in [0.29, 0.717) is 0 Å². The van der Waals surface area contributed by atoms with Crippen molar-refractivity contribution in [2.24, 2.45) is 4.99 Å². The lowest BCUT2D eigenvalue weighted by molar-refractivity contribution is 0.670. The minimum Gasteiger partial charge on any atom is -0.356 e. The van der Waals surface area contributed by atoms with Crippen LogP contribution in [0.1, 0.15) is 31.4 Å². The molecule has 20 heavy (non-hydrogen) atoms. The van der Waals surface area contributed by atoms with E-state index in [4.69, 9.17) is 0 Å². The van der Waals surface area contributed by atoms with Crippen LogP contribution in [-0.4, -0.2) is 31.6 Å². The molecule has 1 atom stereocenters. The predicted octanol–water partition coefficient (Wildman–Crippen LogP) is 3.82. The number of thioether (sulfide) groups is 1. The highest BCUT2D eigenvalue weighted by Crippen LogP contribution is 2.22. The summed E-state index contributed by atoms with van der Waals surface area (Å²) in [6, 6.07) is 8.47. The first-order valence-electron chi connectivity index (χ1n) is 6.89. The lowest BCUT2D eigenvalue weighted by Crippen LogP contribution is -2.39. The molecule has 0 saturated heterocycles. The van der Waals surface area contributed by atoms with Crippen molar-refractivity contribution in [2.75, 3.05) is 25.6 Å². The zero-order valence-corrected chi connectivity index (χ0v) is 14.9. The summed E-state index contributed by atoms with van der Waals surface area (Å²) in [7, 11) is 1.81. The van der Waals surface area contributed by atoms with Gasteiger partial charge in [-0.3, -0.25) is 4.99 Å². The van der Waals surface area contributed by atoms with Crippen LogP contribution in [0.4, 0.5) is 0 Å². The van der Waals surface area contributed by atoms with Crippen LogP contribution in [0.5, 0.6) is 0 Å². The highest BCUT2D eigenvalue weighted by atomic mass is 79.9. The van der Waals surface area contributed by atoms with Gasteiger partial charge in [0, 0.05) is 18.1 Å². The number of aliphatic imine (C=N–C) groups is 1. The van der Waals surface area contributed by atoms with E-state index in [0.717, 1.165) is 17.0 Å². The number of halogens is 1. The summed E-state index contributed by atoms with van der Waals surface area (Å²) in [6.45, 7) is 3.10. The van der Waals surface area contributed by atoms with E-state index in [2.05, 4.69) is 62.9 Å². The summed E-state index contributed by atoms with van der Waals surface area (Å²) in [5.41, 5.74) is 1.23. The Kier molecular flexibility index (Phi) is 8.78. The number of hydrogen-bond acceptors (Lipinski definition) is 2. The van der Waals surface area contributed by atoms with Gasteiger partial charge in [-0.1, -0.05) is 34.1 Å². The van der Waals surface area contributed by atoms with Gasteiger partial charge in [-0.25, -0.2) is 0 Å². The summed E-state index contributed by atoms with van der Waals surface area (Å²) in [5, 5.41) is 6.78. The first kappa shape index (κ1) is 17.4. The summed E-state index contributed by atoms with van der Waals surface area (Å²) in [5.74, 6) is 2.08. The van der Waals surface area contributed by atoms with Crippen molar-refractivity contribution in [2.45, 2.75) is 25.8 Å². The van der Waals surface area contributed by atoms with Gasteiger partial charge in [0.1, 0.15) is 0 Å². The second kappa shape index (κ2) is 10.1. The monoisotopic (exact) mass is 357 g/mol. The van der Waals surface area contributed by atoms with Crippen molar-refractivity contribution in [1.82, 2.24) is 10.6 Å². The Balaban J connectivity index is 2.42. The average molecular weight is 358 g/mol. The van der Waals surface area contributed by atoms with Gasteiger partial charge in [0.25, 0.3) is 0 Å². The SMILES string of the molecule is CN=C(NCCCCSC)NC(C)c1ccccc1Br. The maximum absolute atomic E-state index is 4.27. The number of unbranched alkanes of at least 4 members (excludes halogenated alkanes) is 1. The standard InChI is InChI=1S/C15H24BrN3S/c1-12(13-8-4-5-9-14(13)16)19-15(17-2)18-10-6-7-11-20-3/h4-5,8-9,12H,6-7,10-11H2,1-3H3,(H2,17,18,19). The maximum Gasteiger partial charge on any atom is 0.191 e. The Morgan fingerprint density at radius 1 is 1.35 bits per heavy atom. The van der Waals surface area contributed by atoms with Crippen LogP contribution < -0.4 is 10.6 Å². The van der Waals surface area contributed by atoms with Crippen molar-refractivity contribution in [3.8, 4) is 0 Å². The predicted molar refractivity (Wildman–Crippen MR) is 94.7 cm³/mol. The van der Waals surface area contributed by atoms with E-state index in [1.807, 2.05) is 24.9 Å². The second-order valence-corrected chi connectivity index (χ2v) is 6.43. The molecule has 0 heterocycles. The van der Waals surface area contributed by atoms with Gasteiger partial charge in [0.2, 0.25) is 0 Å². The molecule has 1 unspecified atom stereocenters. The Bertz CT molecular complexity index is 423. The van der Waals surface area contributed by atoms with Gasteiger partial charge in [-0.15, -0.1) is 0 Å². The largest absolute Gasteiger partial charge is 0.356 e. The summed E-state index contributed by atoms with van der Waals surface area (Å²) < 4.78 is 1.12. The average Bonchev–Trinajstić information content (AvgIpc) is 2.46. The van der Waals surface area contributed by atoms with Crippen molar-refractivity contribution in [3.05, 3.63) is 34.3 Å². The van der Waals surface area contributed by atoms with Crippen molar-refractivity contribution in [1.29, 1.82) is 0 Å². The molecule has 1 aromatic rings. The third-order valence-electron chi connectivity index (χ3n) is 3.02. The number of rotatable bonds is 7. The molecule has 2 N–H and O–H groups in total.